The number of amides is 2. The molecule has 186 valence electrons. The summed E-state index contributed by atoms with van der Waals surface area (Å²) in [5, 5.41) is 9.87. The number of carbonyl (C=O) groups is 1. The van der Waals surface area contributed by atoms with Gasteiger partial charge in [-0.1, -0.05) is 30.3 Å². The molecule has 0 saturated carbocycles. The minimum absolute atomic E-state index is 0.276. The second kappa shape index (κ2) is 12.5. The van der Waals surface area contributed by atoms with E-state index in [0.717, 1.165) is 47.5 Å². The van der Waals surface area contributed by atoms with Crippen LogP contribution in [0, 0.1) is 0 Å². The number of hydrogen-bond acceptors (Lipinski definition) is 7. The van der Waals surface area contributed by atoms with Crippen LogP contribution in [0.3, 0.4) is 0 Å². The Balaban J connectivity index is 1.26. The fraction of sp³-hybridized carbons (Fsp3) is 0.259. The molecule has 9 nitrogen and oxygen atoms in total. The first-order chi connectivity index (χ1) is 17.6. The van der Waals surface area contributed by atoms with E-state index in [0.29, 0.717) is 24.7 Å². The Morgan fingerprint density at radius 2 is 1.67 bits per heavy atom. The van der Waals surface area contributed by atoms with Crippen LogP contribution >= 0.6 is 0 Å². The molecule has 3 N–H and O–H groups in total. The molecule has 2 heterocycles. The van der Waals surface area contributed by atoms with Gasteiger partial charge in [-0.15, -0.1) is 0 Å². The van der Waals surface area contributed by atoms with E-state index in [9.17, 15) is 4.79 Å². The van der Waals surface area contributed by atoms with E-state index in [4.69, 9.17) is 4.74 Å². The summed E-state index contributed by atoms with van der Waals surface area (Å²) < 4.78 is 5.76. The molecule has 0 aliphatic rings. The Labute approximate surface area is 210 Å². The number of anilines is 3. The normalized spacial score (nSPS) is 10.9. The zero-order valence-corrected chi connectivity index (χ0v) is 20.6. The van der Waals surface area contributed by atoms with Crippen molar-refractivity contribution in [1.82, 2.24) is 19.9 Å². The van der Waals surface area contributed by atoms with Crippen LogP contribution in [0.5, 0.6) is 5.88 Å². The summed E-state index contributed by atoms with van der Waals surface area (Å²) in [5.74, 6) is 1.31. The number of nitrogens with one attached hydrogen (secondary N) is 3. The average molecular weight is 486 g/mol. The van der Waals surface area contributed by atoms with Crippen molar-refractivity contribution in [3.63, 3.8) is 0 Å². The Morgan fingerprint density at radius 3 is 2.42 bits per heavy atom. The fourth-order valence-electron chi connectivity index (χ4n) is 3.60. The second-order valence-electron chi connectivity index (χ2n) is 8.57. The van der Waals surface area contributed by atoms with E-state index in [-0.39, 0.29) is 6.03 Å². The van der Waals surface area contributed by atoms with Gasteiger partial charge in [0.1, 0.15) is 12.1 Å². The van der Waals surface area contributed by atoms with Crippen molar-refractivity contribution >= 4 is 34.3 Å². The standard InChI is InChI=1S/C27H31N7O2/c1-34(2)17-6-18-36-24-14-13-23-25(29-19-30-26(23)33-24)28-16-15-20-9-11-22(12-10-20)32-27(35)31-21-7-4-3-5-8-21/h3-5,7-14,19H,6,15-18H2,1-2H3,(H2,31,32,35)(H,28,29,30,33). The smallest absolute Gasteiger partial charge is 0.323 e. The van der Waals surface area contributed by atoms with E-state index < -0.39 is 0 Å². The molecule has 0 fully saturated rings. The Hall–Kier alpha value is -4.24. The van der Waals surface area contributed by atoms with Crippen LogP contribution in [0.4, 0.5) is 22.0 Å². The number of pyridine rings is 1. The van der Waals surface area contributed by atoms with Gasteiger partial charge in [0.05, 0.1) is 12.0 Å². The van der Waals surface area contributed by atoms with Crippen LogP contribution in [-0.4, -0.2) is 59.7 Å². The molecule has 0 aliphatic heterocycles. The number of urea groups is 1. The molecule has 2 aromatic heterocycles. The maximum Gasteiger partial charge on any atom is 0.323 e. The molecule has 0 atom stereocenters. The summed E-state index contributed by atoms with van der Waals surface area (Å²) in [6.07, 6.45) is 3.23. The second-order valence-corrected chi connectivity index (χ2v) is 8.57. The molecule has 2 amide bonds. The topological polar surface area (TPSA) is 104 Å². The van der Waals surface area contributed by atoms with Gasteiger partial charge in [0, 0.05) is 30.5 Å². The predicted octanol–water partition coefficient (Wildman–Crippen LogP) is 4.65. The third kappa shape index (κ3) is 7.38. The molecule has 4 aromatic rings. The Bertz CT molecular complexity index is 1260. The highest BCUT2D eigenvalue weighted by Crippen LogP contribution is 2.21. The van der Waals surface area contributed by atoms with Gasteiger partial charge in [-0.2, -0.15) is 4.98 Å². The van der Waals surface area contributed by atoms with Crippen LogP contribution in [0.2, 0.25) is 0 Å². The van der Waals surface area contributed by atoms with Crippen molar-refractivity contribution in [2.24, 2.45) is 0 Å². The third-order valence-corrected chi connectivity index (χ3v) is 5.42. The molecule has 0 aliphatic carbocycles. The van der Waals surface area contributed by atoms with Crippen molar-refractivity contribution in [3.05, 3.63) is 78.6 Å². The molecule has 0 unspecified atom stereocenters. The van der Waals surface area contributed by atoms with Gasteiger partial charge in [-0.25, -0.2) is 14.8 Å². The molecule has 36 heavy (non-hydrogen) atoms. The first-order valence-corrected chi connectivity index (χ1v) is 11.9. The number of nitrogens with zero attached hydrogens (tertiary/aromatic N) is 4. The molecular weight excluding hydrogens is 454 g/mol. The highest BCUT2D eigenvalue weighted by molar-refractivity contribution is 5.99. The Morgan fingerprint density at radius 1 is 0.917 bits per heavy atom. The highest BCUT2D eigenvalue weighted by Gasteiger charge is 2.07. The molecule has 0 bridgehead atoms. The number of fused-ring (bicyclic) bond motifs is 1. The minimum Gasteiger partial charge on any atom is -0.478 e. The van der Waals surface area contributed by atoms with E-state index in [1.165, 1.54) is 6.33 Å². The summed E-state index contributed by atoms with van der Waals surface area (Å²) in [5.41, 5.74) is 3.21. The summed E-state index contributed by atoms with van der Waals surface area (Å²) >= 11 is 0. The number of rotatable bonds is 11. The van der Waals surface area contributed by atoms with Gasteiger partial charge < -0.3 is 25.6 Å². The SMILES string of the molecule is CN(C)CCCOc1ccc2c(NCCc3ccc(NC(=O)Nc4ccccc4)cc3)ncnc2n1. The Kier molecular flexibility index (Phi) is 8.61. The van der Waals surface area contributed by atoms with Crippen molar-refractivity contribution in [2.75, 3.05) is 49.7 Å². The molecule has 0 saturated heterocycles. The number of ether oxygens (including phenoxy) is 1. The van der Waals surface area contributed by atoms with Crippen molar-refractivity contribution in [2.45, 2.75) is 12.8 Å². The predicted molar refractivity (Wildman–Crippen MR) is 144 cm³/mol. The van der Waals surface area contributed by atoms with Gasteiger partial charge in [0.15, 0.2) is 5.65 Å². The number of benzene rings is 2. The number of hydrogen-bond donors (Lipinski definition) is 3. The molecule has 9 heteroatoms. The molecule has 2 aromatic carbocycles. The summed E-state index contributed by atoms with van der Waals surface area (Å²) in [4.78, 5) is 27.5. The first kappa shape index (κ1) is 24.9. The summed E-state index contributed by atoms with van der Waals surface area (Å²) in [6.45, 7) is 2.27. The van der Waals surface area contributed by atoms with Gasteiger partial charge in [0.2, 0.25) is 5.88 Å². The zero-order chi connectivity index (χ0) is 25.2. The maximum absolute atomic E-state index is 12.2. The minimum atomic E-state index is -0.276. The van der Waals surface area contributed by atoms with E-state index in [2.05, 4.69) is 35.8 Å². The van der Waals surface area contributed by atoms with Crippen LogP contribution in [-0.2, 0) is 6.42 Å². The molecule has 0 spiro atoms. The van der Waals surface area contributed by atoms with Gasteiger partial charge in [-0.3, -0.25) is 0 Å². The largest absolute Gasteiger partial charge is 0.478 e. The molecular formula is C27H31N7O2. The quantitative estimate of drug-likeness (QED) is 0.266. The van der Waals surface area contributed by atoms with Crippen molar-refractivity contribution < 1.29 is 9.53 Å². The van der Waals surface area contributed by atoms with Crippen molar-refractivity contribution in [1.29, 1.82) is 0 Å². The van der Waals surface area contributed by atoms with Crippen LogP contribution in [0.15, 0.2) is 73.1 Å². The van der Waals surface area contributed by atoms with Gasteiger partial charge >= 0.3 is 6.03 Å². The first-order valence-electron chi connectivity index (χ1n) is 11.9. The lowest BCUT2D eigenvalue weighted by molar-refractivity contribution is 0.262. The number of aromatic nitrogens is 3. The monoisotopic (exact) mass is 485 g/mol. The van der Waals surface area contributed by atoms with Crippen LogP contribution in [0.25, 0.3) is 11.0 Å². The molecule has 4 rings (SSSR count). The lowest BCUT2D eigenvalue weighted by Gasteiger charge is -2.11. The van der Waals surface area contributed by atoms with E-state index in [1.54, 1.807) is 0 Å². The number of carbonyl (C=O) groups excluding carboxylic acids is 1. The summed E-state index contributed by atoms with van der Waals surface area (Å²) in [7, 11) is 4.08. The van der Waals surface area contributed by atoms with E-state index in [1.807, 2.05) is 80.8 Å². The lowest BCUT2D eigenvalue weighted by Crippen LogP contribution is -2.19. The summed E-state index contributed by atoms with van der Waals surface area (Å²) in [6, 6.07) is 20.6. The highest BCUT2D eigenvalue weighted by atomic mass is 16.5. The average Bonchev–Trinajstić information content (AvgIpc) is 2.88. The van der Waals surface area contributed by atoms with Crippen LogP contribution < -0.4 is 20.7 Å². The molecule has 0 radical (unpaired) electrons. The maximum atomic E-state index is 12.2. The lowest BCUT2D eigenvalue weighted by atomic mass is 10.1. The van der Waals surface area contributed by atoms with Gasteiger partial charge in [0.25, 0.3) is 0 Å². The zero-order valence-electron chi connectivity index (χ0n) is 20.6. The number of para-hydroxylation sites is 1. The fourth-order valence-corrected chi connectivity index (χ4v) is 3.60. The van der Waals surface area contributed by atoms with Crippen LogP contribution in [0.1, 0.15) is 12.0 Å². The third-order valence-electron chi connectivity index (χ3n) is 5.42. The van der Waals surface area contributed by atoms with Gasteiger partial charge in [-0.05, 0) is 62.8 Å². The van der Waals surface area contributed by atoms with E-state index >= 15 is 0 Å². The van der Waals surface area contributed by atoms with Crippen molar-refractivity contribution in [3.8, 4) is 5.88 Å².